The molecule has 2 N–H and O–H groups in total. The number of benzene rings is 1. The predicted molar refractivity (Wildman–Crippen MR) is 87.4 cm³/mol. The van der Waals surface area contributed by atoms with Crippen LogP contribution >= 0.6 is 0 Å². The first-order chi connectivity index (χ1) is 11.1. The van der Waals surface area contributed by atoms with Gasteiger partial charge in [-0.25, -0.2) is 8.42 Å². The summed E-state index contributed by atoms with van der Waals surface area (Å²) in [7, 11) is -3.43. The first-order valence-corrected chi connectivity index (χ1v) is 8.97. The van der Waals surface area contributed by atoms with Crippen LogP contribution in [0.15, 0.2) is 33.6 Å². The van der Waals surface area contributed by atoms with Crippen molar-refractivity contribution < 1.29 is 22.4 Å². The molecular formula is C16H18N2O5S. The maximum Gasteiger partial charge on any atom is 0.273 e. The highest BCUT2D eigenvalue weighted by Gasteiger charge is 2.17. The molecule has 0 spiro atoms. The zero-order chi connectivity index (χ0) is 18.1. The number of rotatable bonds is 3. The Balaban J connectivity index is 2.16. The molecule has 0 aliphatic rings. The van der Waals surface area contributed by atoms with Gasteiger partial charge in [-0.2, -0.15) is 0 Å². The minimum absolute atomic E-state index is 0.0332. The smallest absolute Gasteiger partial charge is 0.273 e. The Kier molecular flexibility index (Phi) is 4.79. The van der Waals surface area contributed by atoms with Gasteiger partial charge in [0.15, 0.2) is 9.84 Å². The monoisotopic (exact) mass is 350 g/mol. The van der Waals surface area contributed by atoms with E-state index in [1.165, 1.54) is 18.2 Å². The fraction of sp³-hybridized carbons (Fsp3) is 0.250. The lowest BCUT2D eigenvalue weighted by molar-refractivity contribution is 0.0845. The molecular weight excluding hydrogens is 332 g/mol. The lowest BCUT2D eigenvalue weighted by atomic mass is 10.1. The van der Waals surface area contributed by atoms with Gasteiger partial charge in [-0.05, 0) is 44.5 Å². The van der Waals surface area contributed by atoms with Gasteiger partial charge in [-0.15, -0.1) is 0 Å². The molecule has 0 unspecified atom stereocenters. The summed E-state index contributed by atoms with van der Waals surface area (Å²) in [5.74, 6) is -0.103. The summed E-state index contributed by atoms with van der Waals surface area (Å²) in [4.78, 5) is 24.3. The molecule has 2 amide bonds. The molecule has 1 aromatic heterocycles. The van der Waals surface area contributed by atoms with Crippen molar-refractivity contribution in [2.24, 2.45) is 0 Å². The quantitative estimate of drug-likeness (QED) is 0.820. The maximum atomic E-state index is 12.2. The molecule has 2 aromatic rings. The number of hydrazine groups is 1. The normalized spacial score (nSPS) is 11.2. The molecule has 1 heterocycles. The summed E-state index contributed by atoms with van der Waals surface area (Å²) in [5.41, 5.74) is 5.63. The van der Waals surface area contributed by atoms with Crippen molar-refractivity contribution in [1.82, 2.24) is 10.9 Å². The van der Waals surface area contributed by atoms with E-state index in [-0.39, 0.29) is 10.5 Å². The second-order valence-electron chi connectivity index (χ2n) is 5.48. The standard InChI is InChI=1S/C16H18N2O5S/c1-9-5-6-12(24(4,21)22)8-13(9)15(19)17-18-16(20)14-7-10(2)23-11(14)3/h5-8H,1-4H3,(H,17,19)(H,18,20). The Bertz CT molecular complexity index is 913. The van der Waals surface area contributed by atoms with E-state index in [2.05, 4.69) is 10.9 Å². The minimum Gasteiger partial charge on any atom is -0.466 e. The van der Waals surface area contributed by atoms with Crippen LogP contribution in [0, 0.1) is 20.8 Å². The van der Waals surface area contributed by atoms with Crippen molar-refractivity contribution in [3.05, 3.63) is 52.5 Å². The molecule has 1 aromatic carbocycles. The number of carbonyl (C=O) groups is 2. The summed E-state index contributed by atoms with van der Waals surface area (Å²) in [5, 5.41) is 0. The summed E-state index contributed by atoms with van der Waals surface area (Å²) in [6.07, 6.45) is 1.06. The molecule has 2 rings (SSSR count). The highest BCUT2D eigenvalue weighted by Crippen LogP contribution is 2.16. The Morgan fingerprint density at radius 1 is 0.958 bits per heavy atom. The Morgan fingerprint density at radius 3 is 2.04 bits per heavy atom. The fourth-order valence-corrected chi connectivity index (χ4v) is 2.83. The van der Waals surface area contributed by atoms with Gasteiger partial charge in [0.05, 0.1) is 10.5 Å². The number of furan rings is 1. The molecule has 0 saturated carbocycles. The van der Waals surface area contributed by atoms with Gasteiger partial charge in [-0.1, -0.05) is 6.07 Å². The molecule has 8 heteroatoms. The summed E-state index contributed by atoms with van der Waals surface area (Å²) < 4.78 is 28.5. The Hall–Kier alpha value is -2.61. The fourth-order valence-electron chi connectivity index (χ4n) is 2.18. The highest BCUT2D eigenvalue weighted by molar-refractivity contribution is 7.90. The van der Waals surface area contributed by atoms with Gasteiger partial charge in [0, 0.05) is 11.8 Å². The number of carbonyl (C=O) groups excluding carboxylic acids is 2. The largest absolute Gasteiger partial charge is 0.466 e. The second kappa shape index (κ2) is 6.48. The van der Waals surface area contributed by atoms with Crippen molar-refractivity contribution in [3.63, 3.8) is 0 Å². The Morgan fingerprint density at radius 2 is 1.54 bits per heavy atom. The maximum absolute atomic E-state index is 12.2. The number of hydrogen-bond acceptors (Lipinski definition) is 5. The van der Waals surface area contributed by atoms with E-state index >= 15 is 0 Å². The SMILES string of the molecule is Cc1cc(C(=O)NNC(=O)c2cc(S(C)(=O)=O)ccc2C)c(C)o1. The average Bonchev–Trinajstić information content (AvgIpc) is 2.82. The lowest BCUT2D eigenvalue weighted by Crippen LogP contribution is -2.42. The topological polar surface area (TPSA) is 105 Å². The third-order valence-corrected chi connectivity index (χ3v) is 4.57. The molecule has 7 nitrogen and oxygen atoms in total. The summed E-state index contributed by atoms with van der Waals surface area (Å²) in [6.45, 7) is 5.03. The second-order valence-corrected chi connectivity index (χ2v) is 7.50. The molecule has 24 heavy (non-hydrogen) atoms. The van der Waals surface area contributed by atoms with Gasteiger partial charge in [0.2, 0.25) is 0 Å². The van der Waals surface area contributed by atoms with Crippen LogP contribution in [0.3, 0.4) is 0 Å². The predicted octanol–water partition coefficient (Wildman–Crippen LogP) is 1.68. The van der Waals surface area contributed by atoms with E-state index in [1.54, 1.807) is 26.8 Å². The molecule has 0 aliphatic heterocycles. The molecule has 0 aliphatic carbocycles. The van der Waals surface area contributed by atoms with Gasteiger partial charge < -0.3 is 4.42 Å². The van der Waals surface area contributed by atoms with E-state index in [0.717, 1.165) is 6.26 Å². The molecule has 0 atom stereocenters. The van der Waals surface area contributed by atoms with Crippen molar-refractivity contribution in [1.29, 1.82) is 0 Å². The lowest BCUT2D eigenvalue weighted by Gasteiger charge is -2.10. The van der Waals surface area contributed by atoms with Crippen LogP contribution in [0.1, 0.15) is 37.8 Å². The number of hydrogen-bond donors (Lipinski definition) is 2. The number of aryl methyl sites for hydroxylation is 3. The van der Waals surface area contributed by atoms with E-state index in [4.69, 9.17) is 4.42 Å². The van der Waals surface area contributed by atoms with Crippen LogP contribution in [0.5, 0.6) is 0 Å². The third kappa shape index (κ3) is 3.83. The van der Waals surface area contributed by atoms with Crippen LogP contribution in [-0.2, 0) is 9.84 Å². The number of sulfone groups is 1. The molecule has 0 fully saturated rings. The van der Waals surface area contributed by atoms with Crippen molar-refractivity contribution in [3.8, 4) is 0 Å². The summed E-state index contributed by atoms with van der Waals surface area (Å²) >= 11 is 0. The van der Waals surface area contributed by atoms with Gasteiger partial charge in [0.25, 0.3) is 11.8 Å². The molecule has 0 radical (unpaired) electrons. The highest BCUT2D eigenvalue weighted by atomic mass is 32.2. The zero-order valence-corrected chi connectivity index (χ0v) is 14.6. The van der Waals surface area contributed by atoms with Gasteiger partial charge in [0.1, 0.15) is 11.5 Å². The van der Waals surface area contributed by atoms with Crippen molar-refractivity contribution >= 4 is 21.7 Å². The van der Waals surface area contributed by atoms with Crippen LogP contribution in [0.4, 0.5) is 0 Å². The van der Waals surface area contributed by atoms with Crippen molar-refractivity contribution in [2.45, 2.75) is 25.7 Å². The third-order valence-electron chi connectivity index (χ3n) is 3.46. The Labute approximate surface area is 139 Å². The minimum atomic E-state index is -3.43. The van der Waals surface area contributed by atoms with Crippen LogP contribution in [0.25, 0.3) is 0 Å². The number of nitrogens with one attached hydrogen (secondary N) is 2. The van der Waals surface area contributed by atoms with E-state index in [1.807, 2.05) is 0 Å². The first-order valence-electron chi connectivity index (χ1n) is 7.08. The van der Waals surface area contributed by atoms with Crippen LogP contribution in [0.2, 0.25) is 0 Å². The number of amides is 2. The van der Waals surface area contributed by atoms with E-state index < -0.39 is 21.7 Å². The molecule has 0 saturated heterocycles. The zero-order valence-electron chi connectivity index (χ0n) is 13.8. The van der Waals surface area contributed by atoms with Crippen molar-refractivity contribution in [2.75, 3.05) is 6.26 Å². The van der Waals surface area contributed by atoms with E-state index in [9.17, 15) is 18.0 Å². The van der Waals surface area contributed by atoms with E-state index in [0.29, 0.717) is 22.6 Å². The molecule has 128 valence electrons. The first kappa shape index (κ1) is 17.7. The van der Waals surface area contributed by atoms with Gasteiger partial charge >= 0.3 is 0 Å². The van der Waals surface area contributed by atoms with Gasteiger partial charge in [-0.3, -0.25) is 20.4 Å². The van der Waals surface area contributed by atoms with Crippen LogP contribution < -0.4 is 10.9 Å². The molecule has 0 bridgehead atoms. The van der Waals surface area contributed by atoms with Crippen LogP contribution in [-0.4, -0.2) is 26.5 Å². The average molecular weight is 350 g/mol. The summed E-state index contributed by atoms with van der Waals surface area (Å²) in [6, 6.07) is 5.81.